The number of rotatable bonds is 4. The molecule has 0 aliphatic heterocycles. The molecule has 3 nitrogen and oxygen atoms in total. The maximum Gasteiger partial charge on any atom is 0.144 e. The minimum absolute atomic E-state index is 0.0770. The first-order valence-corrected chi connectivity index (χ1v) is 7.44. The lowest BCUT2D eigenvalue weighted by atomic mass is 9.78. The van der Waals surface area contributed by atoms with Gasteiger partial charge in [-0.05, 0) is 37.3 Å². The molecule has 0 amide bonds. The van der Waals surface area contributed by atoms with Crippen LogP contribution in [0.5, 0.6) is 5.75 Å². The van der Waals surface area contributed by atoms with E-state index in [4.69, 9.17) is 10.00 Å². The topological polar surface area (TPSA) is 56.8 Å². The van der Waals surface area contributed by atoms with Gasteiger partial charge in [0.2, 0.25) is 0 Å². The normalized spacial score (nSPS) is 24.9. The predicted molar refractivity (Wildman–Crippen MR) is 76.9 cm³/mol. The highest BCUT2D eigenvalue weighted by molar-refractivity contribution is 5.44. The van der Waals surface area contributed by atoms with Gasteiger partial charge in [0.15, 0.2) is 0 Å². The van der Waals surface area contributed by atoms with Crippen LogP contribution in [0.1, 0.15) is 44.6 Å². The lowest BCUT2D eigenvalue weighted by Gasteiger charge is -2.33. The molecule has 3 atom stereocenters. The third-order valence-electron chi connectivity index (χ3n) is 4.13. The first kappa shape index (κ1) is 15.3. The molecule has 1 fully saturated rings. The van der Waals surface area contributed by atoms with Crippen LogP contribution in [0.2, 0.25) is 0 Å². The van der Waals surface area contributed by atoms with Crippen LogP contribution in [0.4, 0.5) is 4.39 Å². The molecule has 2 rings (SSSR count). The van der Waals surface area contributed by atoms with Gasteiger partial charge in [-0.1, -0.05) is 25.8 Å². The van der Waals surface area contributed by atoms with Gasteiger partial charge in [0.1, 0.15) is 29.3 Å². The molecule has 1 aliphatic carbocycles. The molecule has 110 valence electrons. The van der Waals surface area contributed by atoms with Crippen molar-refractivity contribution in [3.63, 3.8) is 0 Å². The molecule has 21 heavy (non-hydrogen) atoms. The minimum atomic E-state index is -0.579. The second-order valence-electron chi connectivity index (χ2n) is 5.58. The Morgan fingerprint density at radius 2 is 2.14 bits per heavy atom. The summed E-state index contributed by atoms with van der Waals surface area (Å²) in [4.78, 5) is 0. The second-order valence-corrected chi connectivity index (χ2v) is 5.58. The molecule has 0 N–H and O–H groups in total. The zero-order valence-corrected chi connectivity index (χ0v) is 12.2. The highest BCUT2D eigenvalue weighted by Crippen LogP contribution is 2.35. The summed E-state index contributed by atoms with van der Waals surface area (Å²) in [7, 11) is 0. The Labute approximate surface area is 125 Å². The fourth-order valence-electron chi connectivity index (χ4n) is 3.03. The third kappa shape index (κ3) is 3.52. The molecular formula is C17H19FN2O. The van der Waals surface area contributed by atoms with E-state index in [2.05, 4.69) is 13.0 Å². The van der Waals surface area contributed by atoms with Crippen LogP contribution in [-0.4, -0.2) is 6.10 Å². The van der Waals surface area contributed by atoms with E-state index in [-0.39, 0.29) is 23.3 Å². The Bertz CT molecular complexity index is 573. The van der Waals surface area contributed by atoms with Crippen LogP contribution in [0.3, 0.4) is 0 Å². The number of benzene rings is 1. The van der Waals surface area contributed by atoms with E-state index in [1.807, 2.05) is 6.07 Å². The molecule has 0 bridgehead atoms. The largest absolute Gasteiger partial charge is 0.488 e. The summed E-state index contributed by atoms with van der Waals surface area (Å²) >= 11 is 0. The van der Waals surface area contributed by atoms with Crippen molar-refractivity contribution in [3.05, 3.63) is 29.6 Å². The zero-order valence-electron chi connectivity index (χ0n) is 12.2. The summed E-state index contributed by atoms with van der Waals surface area (Å²) < 4.78 is 19.5. The quantitative estimate of drug-likeness (QED) is 0.834. The van der Waals surface area contributed by atoms with Gasteiger partial charge >= 0.3 is 0 Å². The molecule has 0 spiro atoms. The van der Waals surface area contributed by atoms with E-state index in [9.17, 15) is 9.65 Å². The first-order chi connectivity index (χ1) is 10.2. The van der Waals surface area contributed by atoms with Crippen LogP contribution < -0.4 is 4.74 Å². The number of nitrogens with zero attached hydrogens (tertiary/aromatic N) is 2. The first-order valence-electron chi connectivity index (χ1n) is 7.44. The van der Waals surface area contributed by atoms with Crippen LogP contribution in [0.25, 0.3) is 0 Å². The second kappa shape index (κ2) is 7.09. The number of hydrogen-bond acceptors (Lipinski definition) is 3. The highest BCUT2D eigenvalue weighted by atomic mass is 19.1. The van der Waals surface area contributed by atoms with Gasteiger partial charge in [-0.25, -0.2) is 4.39 Å². The fraction of sp³-hybridized carbons (Fsp3) is 0.529. The Kier molecular flexibility index (Phi) is 5.17. The van der Waals surface area contributed by atoms with Gasteiger partial charge in [-0.3, -0.25) is 0 Å². The maximum atomic E-state index is 13.6. The number of hydrogen-bond donors (Lipinski definition) is 0. The average molecular weight is 286 g/mol. The summed E-state index contributed by atoms with van der Waals surface area (Å²) in [6, 6.07) is 8.49. The molecule has 1 aliphatic rings. The van der Waals surface area contributed by atoms with Gasteiger partial charge in [-0.15, -0.1) is 0 Å². The van der Waals surface area contributed by atoms with Crippen molar-refractivity contribution >= 4 is 0 Å². The van der Waals surface area contributed by atoms with Crippen LogP contribution in [-0.2, 0) is 0 Å². The van der Waals surface area contributed by atoms with Crippen molar-refractivity contribution in [2.24, 2.45) is 11.8 Å². The van der Waals surface area contributed by atoms with E-state index in [1.165, 1.54) is 12.1 Å². The monoisotopic (exact) mass is 286 g/mol. The maximum absolute atomic E-state index is 13.6. The molecule has 1 saturated carbocycles. The van der Waals surface area contributed by atoms with Crippen LogP contribution >= 0.6 is 0 Å². The van der Waals surface area contributed by atoms with Crippen molar-refractivity contribution in [1.82, 2.24) is 0 Å². The molecule has 0 heterocycles. The van der Waals surface area contributed by atoms with Gasteiger partial charge in [0.25, 0.3) is 0 Å². The Hall–Kier alpha value is -2.07. The van der Waals surface area contributed by atoms with Crippen LogP contribution in [0, 0.1) is 40.3 Å². The lowest BCUT2D eigenvalue weighted by Crippen LogP contribution is -2.33. The Morgan fingerprint density at radius 3 is 2.81 bits per heavy atom. The van der Waals surface area contributed by atoms with Gasteiger partial charge in [0, 0.05) is 0 Å². The van der Waals surface area contributed by atoms with E-state index in [0.717, 1.165) is 32.1 Å². The molecule has 0 saturated heterocycles. The van der Waals surface area contributed by atoms with Gasteiger partial charge < -0.3 is 4.74 Å². The van der Waals surface area contributed by atoms with E-state index >= 15 is 0 Å². The molecule has 4 heteroatoms. The Morgan fingerprint density at radius 1 is 1.33 bits per heavy atom. The summed E-state index contributed by atoms with van der Waals surface area (Å²) in [6.07, 6.45) is 4.62. The van der Waals surface area contributed by atoms with Crippen molar-refractivity contribution in [2.75, 3.05) is 0 Å². The number of halogens is 1. The van der Waals surface area contributed by atoms with E-state index in [1.54, 1.807) is 6.07 Å². The molecule has 3 unspecified atom stereocenters. The van der Waals surface area contributed by atoms with Crippen molar-refractivity contribution in [3.8, 4) is 17.9 Å². The molecule has 0 aromatic heterocycles. The highest BCUT2D eigenvalue weighted by Gasteiger charge is 2.32. The van der Waals surface area contributed by atoms with E-state index in [0.29, 0.717) is 5.92 Å². The van der Waals surface area contributed by atoms with Gasteiger partial charge in [0.05, 0.1) is 12.0 Å². The zero-order chi connectivity index (χ0) is 15.2. The minimum Gasteiger partial charge on any atom is -0.488 e. The summed E-state index contributed by atoms with van der Waals surface area (Å²) in [5, 5.41) is 18.3. The SMILES string of the molecule is CCCC1CCC(C#N)C(Oc2cccc(F)c2C#N)C1. The fourth-order valence-corrected chi connectivity index (χ4v) is 3.03. The summed E-state index contributed by atoms with van der Waals surface area (Å²) in [5.74, 6) is 0.0286. The summed E-state index contributed by atoms with van der Waals surface area (Å²) in [5.41, 5.74) is -0.0770. The smallest absolute Gasteiger partial charge is 0.144 e. The van der Waals surface area contributed by atoms with Crippen molar-refractivity contribution in [2.45, 2.75) is 45.1 Å². The third-order valence-corrected chi connectivity index (χ3v) is 4.13. The average Bonchev–Trinajstić information content (AvgIpc) is 2.48. The van der Waals surface area contributed by atoms with E-state index < -0.39 is 5.82 Å². The van der Waals surface area contributed by atoms with Crippen molar-refractivity contribution < 1.29 is 9.13 Å². The molecule has 1 aromatic rings. The van der Waals surface area contributed by atoms with Crippen molar-refractivity contribution in [1.29, 1.82) is 10.5 Å². The Balaban J connectivity index is 2.18. The lowest BCUT2D eigenvalue weighted by molar-refractivity contribution is 0.0869. The summed E-state index contributed by atoms with van der Waals surface area (Å²) in [6.45, 7) is 2.15. The van der Waals surface area contributed by atoms with Crippen LogP contribution in [0.15, 0.2) is 18.2 Å². The molecule has 0 radical (unpaired) electrons. The molecular weight excluding hydrogens is 267 g/mol. The van der Waals surface area contributed by atoms with Gasteiger partial charge in [-0.2, -0.15) is 10.5 Å². The number of nitriles is 2. The number of ether oxygens (including phenoxy) is 1. The predicted octanol–water partition coefficient (Wildman–Crippen LogP) is 4.18. The molecule has 1 aromatic carbocycles. The standard InChI is InChI=1S/C17H19FN2O/c1-2-4-12-7-8-13(10-19)17(9-12)21-16-6-3-5-15(18)14(16)11-20/h3,5-6,12-13,17H,2,4,7-9H2,1H3.